The summed E-state index contributed by atoms with van der Waals surface area (Å²) in [5, 5.41) is 0. The molecule has 1 aromatic rings. The minimum absolute atomic E-state index is 0.0521. The Balaban J connectivity index is 1.93. The van der Waals surface area contributed by atoms with E-state index in [0.29, 0.717) is 16.9 Å². The van der Waals surface area contributed by atoms with Crippen molar-refractivity contribution in [3.63, 3.8) is 0 Å². The molecule has 0 heterocycles. The molecular formula is C14H17BrFNO. The second-order valence-corrected chi connectivity index (χ2v) is 6.36. The van der Waals surface area contributed by atoms with Gasteiger partial charge in [-0.25, -0.2) is 4.39 Å². The highest BCUT2D eigenvalue weighted by molar-refractivity contribution is 9.10. The monoisotopic (exact) mass is 313 g/mol. The topological polar surface area (TPSA) is 35.2 Å². The Morgan fingerprint density at radius 1 is 1.39 bits per heavy atom. The summed E-state index contributed by atoms with van der Waals surface area (Å²) in [6.45, 7) is 1.29. The molecule has 4 heteroatoms. The number of hydrogen-bond acceptors (Lipinski definition) is 2. The molecule has 2 aliphatic carbocycles. The maximum Gasteiger partial charge on any atom is 0.137 e. The summed E-state index contributed by atoms with van der Waals surface area (Å²) in [4.78, 5) is 0. The van der Waals surface area contributed by atoms with Crippen molar-refractivity contribution in [2.45, 2.75) is 31.1 Å². The van der Waals surface area contributed by atoms with Gasteiger partial charge in [-0.05, 0) is 59.7 Å². The fourth-order valence-electron chi connectivity index (χ4n) is 2.32. The van der Waals surface area contributed by atoms with Crippen LogP contribution in [0.15, 0.2) is 16.6 Å². The number of ether oxygens (including phenoxy) is 1. The first kappa shape index (κ1) is 12.4. The third-order valence-electron chi connectivity index (χ3n) is 3.98. The lowest BCUT2D eigenvalue weighted by Gasteiger charge is -2.19. The van der Waals surface area contributed by atoms with E-state index in [1.807, 2.05) is 0 Å². The number of rotatable bonds is 5. The smallest absolute Gasteiger partial charge is 0.137 e. The Hall–Kier alpha value is -0.610. The fourth-order valence-corrected chi connectivity index (χ4v) is 2.87. The van der Waals surface area contributed by atoms with Gasteiger partial charge < -0.3 is 10.5 Å². The van der Waals surface area contributed by atoms with Gasteiger partial charge in [0.25, 0.3) is 0 Å². The van der Waals surface area contributed by atoms with E-state index in [9.17, 15) is 4.39 Å². The van der Waals surface area contributed by atoms with Gasteiger partial charge in [0.1, 0.15) is 11.6 Å². The van der Waals surface area contributed by atoms with Crippen LogP contribution in [0.3, 0.4) is 0 Å². The molecular weight excluding hydrogens is 297 g/mol. The average Bonchev–Trinajstić information content (AvgIpc) is 3.22. The van der Waals surface area contributed by atoms with Crippen molar-refractivity contribution in [2.24, 2.45) is 11.7 Å². The van der Waals surface area contributed by atoms with Crippen LogP contribution in [0.25, 0.3) is 0 Å². The first-order chi connectivity index (χ1) is 8.64. The zero-order chi connectivity index (χ0) is 12.8. The Kier molecular flexibility index (Phi) is 3.10. The highest BCUT2D eigenvalue weighted by atomic mass is 79.9. The second-order valence-electron chi connectivity index (χ2n) is 5.50. The maximum absolute atomic E-state index is 13.6. The first-order valence-corrected chi connectivity index (χ1v) is 7.26. The van der Waals surface area contributed by atoms with Crippen molar-refractivity contribution in [3.05, 3.63) is 28.0 Å². The van der Waals surface area contributed by atoms with Crippen LogP contribution in [0.4, 0.5) is 4.39 Å². The van der Waals surface area contributed by atoms with E-state index in [1.54, 1.807) is 6.07 Å². The van der Waals surface area contributed by atoms with Crippen molar-refractivity contribution >= 4 is 15.9 Å². The molecule has 2 nitrogen and oxygen atoms in total. The lowest BCUT2D eigenvalue weighted by Crippen LogP contribution is -2.21. The molecule has 0 saturated heterocycles. The molecule has 2 saturated carbocycles. The first-order valence-electron chi connectivity index (χ1n) is 6.47. The second kappa shape index (κ2) is 4.49. The zero-order valence-electron chi connectivity index (χ0n) is 10.2. The molecule has 2 fully saturated rings. The lowest BCUT2D eigenvalue weighted by molar-refractivity contribution is 0.292. The predicted octanol–water partition coefficient (Wildman–Crippen LogP) is 3.37. The summed E-state index contributed by atoms with van der Waals surface area (Å²) < 4.78 is 20.2. The molecule has 0 atom stereocenters. The molecule has 0 aromatic heterocycles. The minimum Gasteiger partial charge on any atom is -0.492 e. The van der Waals surface area contributed by atoms with Crippen LogP contribution in [0, 0.1) is 11.7 Å². The van der Waals surface area contributed by atoms with E-state index in [-0.39, 0.29) is 11.2 Å². The predicted molar refractivity (Wildman–Crippen MR) is 72.3 cm³/mol. The Labute approximate surface area is 115 Å². The lowest BCUT2D eigenvalue weighted by atomic mass is 9.95. The molecule has 0 spiro atoms. The summed E-state index contributed by atoms with van der Waals surface area (Å²) in [6.07, 6.45) is 4.55. The molecule has 0 bridgehead atoms. The molecule has 2 aliphatic rings. The number of benzene rings is 1. The van der Waals surface area contributed by atoms with Crippen molar-refractivity contribution in [2.75, 3.05) is 13.2 Å². The molecule has 0 radical (unpaired) electrons. The Morgan fingerprint density at radius 3 is 2.67 bits per heavy atom. The number of hydrogen-bond donors (Lipinski definition) is 1. The summed E-state index contributed by atoms with van der Waals surface area (Å²) in [5.41, 5.74) is 6.73. The van der Waals surface area contributed by atoms with Gasteiger partial charge in [-0.3, -0.25) is 0 Å². The molecule has 3 rings (SSSR count). The van der Waals surface area contributed by atoms with Crippen LogP contribution >= 0.6 is 15.9 Å². The van der Waals surface area contributed by atoms with Crippen molar-refractivity contribution < 1.29 is 9.13 Å². The van der Waals surface area contributed by atoms with Gasteiger partial charge in [-0.15, -0.1) is 0 Å². The third-order valence-corrected chi connectivity index (χ3v) is 4.57. The standard InChI is InChI=1S/C14H17BrFNO/c15-12-6-10(16)5-11(14(8-17)3-4-14)13(12)18-7-9-1-2-9/h5-6,9H,1-4,7-8,17H2. The molecule has 0 unspecified atom stereocenters. The fraction of sp³-hybridized carbons (Fsp3) is 0.571. The van der Waals surface area contributed by atoms with E-state index >= 15 is 0 Å². The van der Waals surface area contributed by atoms with Gasteiger partial charge >= 0.3 is 0 Å². The summed E-state index contributed by atoms with van der Waals surface area (Å²) in [6, 6.07) is 3.06. The van der Waals surface area contributed by atoms with Gasteiger partial charge in [0.15, 0.2) is 0 Å². The highest BCUT2D eigenvalue weighted by Crippen LogP contribution is 2.52. The zero-order valence-corrected chi connectivity index (χ0v) is 11.8. The van der Waals surface area contributed by atoms with Gasteiger partial charge in [-0.1, -0.05) is 0 Å². The Bertz CT molecular complexity index is 469. The summed E-state index contributed by atoms with van der Waals surface area (Å²) in [5.74, 6) is 1.25. The Morgan fingerprint density at radius 2 is 2.11 bits per heavy atom. The van der Waals surface area contributed by atoms with Crippen LogP contribution in [-0.2, 0) is 5.41 Å². The summed E-state index contributed by atoms with van der Waals surface area (Å²) >= 11 is 3.41. The minimum atomic E-state index is -0.227. The molecule has 0 amide bonds. The van der Waals surface area contributed by atoms with Crippen LogP contribution in [0.2, 0.25) is 0 Å². The van der Waals surface area contributed by atoms with Crippen molar-refractivity contribution in [1.29, 1.82) is 0 Å². The van der Waals surface area contributed by atoms with E-state index in [4.69, 9.17) is 10.5 Å². The van der Waals surface area contributed by atoms with E-state index in [0.717, 1.165) is 30.8 Å². The van der Waals surface area contributed by atoms with E-state index < -0.39 is 0 Å². The van der Waals surface area contributed by atoms with Crippen molar-refractivity contribution in [3.8, 4) is 5.75 Å². The molecule has 2 N–H and O–H groups in total. The van der Waals surface area contributed by atoms with Crippen molar-refractivity contribution in [1.82, 2.24) is 0 Å². The number of nitrogens with two attached hydrogens (primary N) is 1. The molecule has 18 heavy (non-hydrogen) atoms. The van der Waals surface area contributed by atoms with Gasteiger partial charge in [0, 0.05) is 17.5 Å². The highest BCUT2D eigenvalue weighted by Gasteiger charge is 2.45. The molecule has 0 aliphatic heterocycles. The third kappa shape index (κ3) is 2.28. The number of halogens is 2. The molecule has 1 aromatic carbocycles. The van der Waals surface area contributed by atoms with Crippen LogP contribution < -0.4 is 10.5 Å². The average molecular weight is 314 g/mol. The SMILES string of the molecule is NCC1(c2cc(F)cc(Br)c2OCC2CC2)CC1. The largest absolute Gasteiger partial charge is 0.492 e. The van der Waals surface area contributed by atoms with Crippen LogP contribution in [-0.4, -0.2) is 13.2 Å². The maximum atomic E-state index is 13.6. The van der Waals surface area contributed by atoms with Gasteiger partial charge in [0.05, 0.1) is 11.1 Å². The van der Waals surface area contributed by atoms with E-state index in [1.165, 1.54) is 18.9 Å². The van der Waals surface area contributed by atoms with Crippen LogP contribution in [0.1, 0.15) is 31.2 Å². The quantitative estimate of drug-likeness (QED) is 0.904. The van der Waals surface area contributed by atoms with E-state index in [2.05, 4.69) is 15.9 Å². The normalized spacial score (nSPS) is 20.8. The van der Waals surface area contributed by atoms with Gasteiger partial charge in [-0.2, -0.15) is 0 Å². The summed E-state index contributed by atoms with van der Waals surface area (Å²) in [7, 11) is 0. The van der Waals surface area contributed by atoms with Gasteiger partial charge in [0.2, 0.25) is 0 Å². The van der Waals surface area contributed by atoms with Crippen LogP contribution in [0.5, 0.6) is 5.75 Å². The molecule has 98 valence electrons.